The topological polar surface area (TPSA) is 98.9 Å². The molecule has 0 fully saturated rings. The van der Waals surface area contributed by atoms with Gasteiger partial charge in [-0.1, -0.05) is 0 Å². The molecular weight excluding hydrogens is 272 g/mol. The van der Waals surface area contributed by atoms with Crippen molar-refractivity contribution in [1.29, 1.82) is 0 Å². The van der Waals surface area contributed by atoms with E-state index in [4.69, 9.17) is 15.2 Å². The molecule has 1 aromatic carbocycles. The fourth-order valence-electron chi connectivity index (χ4n) is 1.46. The van der Waals surface area contributed by atoms with E-state index in [1.807, 2.05) is 0 Å². The van der Waals surface area contributed by atoms with Crippen molar-refractivity contribution in [2.75, 3.05) is 28.3 Å². The van der Waals surface area contributed by atoms with E-state index in [0.717, 1.165) is 10.4 Å². The Morgan fingerprint density at radius 3 is 2.05 bits per heavy atom. The van der Waals surface area contributed by atoms with Crippen LogP contribution >= 0.6 is 0 Å². The van der Waals surface area contributed by atoms with Crippen molar-refractivity contribution in [2.24, 2.45) is 5.73 Å². The van der Waals surface area contributed by atoms with E-state index in [2.05, 4.69) is 0 Å². The lowest BCUT2D eigenvalue weighted by Crippen LogP contribution is -2.24. The number of sulfonamides is 1. The summed E-state index contributed by atoms with van der Waals surface area (Å²) in [6.07, 6.45) is 0. The SMILES string of the molecule is COc1cc(OC)c(S(=O)(=O)N(C)C)cc1C(N)=O. The highest BCUT2D eigenvalue weighted by atomic mass is 32.2. The Labute approximate surface area is 112 Å². The van der Waals surface area contributed by atoms with Crippen LogP contribution in [0.2, 0.25) is 0 Å². The third-order valence-corrected chi connectivity index (χ3v) is 4.35. The summed E-state index contributed by atoms with van der Waals surface area (Å²) >= 11 is 0. The van der Waals surface area contributed by atoms with Gasteiger partial charge in [0.15, 0.2) is 0 Å². The zero-order valence-corrected chi connectivity index (χ0v) is 11.9. The van der Waals surface area contributed by atoms with Crippen LogP contribution in [0.25, 0.3) is 0 Å². The van der Waals surface area contributed by atoms with Crippen molar-refractivity contribution in [3.8, 4) is 11.5 Å². The van der Waals surface area contributed by atoms with E-state index in [0.29, 0.717) is 0 Å². The number of hydrogen-bond acceptors (Lipinski definition) is 5. The smallest absolute Gasteiger partial charge is 0.252 e. The fourth-order valence-corrected chi connectivity index (χ4v) is 2.52. The Morgan fingerprint density at radius 2 is 1.68 bits per heavy atom. The number of nitrogens with two attached hydrogens (primary N) is 1. The van der Waals surface area contributed by atoms with Crippen LogP contribution < -0.4 is 15.2 Å². The number of nitrogens with zero attached hydrogens (tertiary/aromatic N) is 1. The van der Waals surface area contributed by atoms with Gasteiger partial charge in [-0.3, -0.25) is 4.79 Å². The Bertz CT molecular complexity index is 595. The maximum Gasteiger partial charge on any atom is 0.252 e. The number of carbonyl (C=O) groups is 1. The molecule has 0 heterocycles. The number of amides is 1. The molecule has 8 heteroatoms. The van der Waals surface area contributed by atoms with E-state index >= 15 is 0 Å². The van der Waals surface area contributed by atoms with Crippen molar-refractivity contribution in [2.45, 2.75) is 4.90 Å². The minimum Gasteiger partial charge on any atom is -0.496 e. The lowest BCUT2D eigenvalue weighted by Gasteiger charge is -2.16. The maximum absolute atomic E-state index is 12.1. The van der Waals surface area contributed by atoms with E-state index in [1.54, 1.807) is 0 Å². The molecule has 19 heavy (non-hydrogen) atoms. The van der Waals surface area contributed by atoms with Gasteiger partial charge in [-0.25, -0.2) is 12.7 Å². The lowest BCUT2D eigenvalue weighted by atomic mass is 10.2. The summed E-state index contributed by atoms with van der Waals surface area (Å²) in [6, 6.07) is 2.46. The van der Waals surface area contributed by atoms with Crippen molar-refractivity contribution >= 4 is 15.9 Å². The average molecular weight is 288 g/mol. The monoisotopic (exact) mass is 288 g/mol. The molecule has 0 saturated carbocycles. The second-order valence-corrected chi connectivity index (χ2v) is 5.98. The van der Waals surface area contributed by atoms with Crippen LogP contribution in [0, 0.1) is 0 Å². The fraction of sp³-hybridized carbons (Fsp3) is 0.364. The van der Waals surface area contributed by atoms with Crippen LogP contribution in [0.4, 0.5) is 0 Å². The minimum atomic E-state index is -3.76. The minimum absolute atomic E-state index is 0.0243. The van der Waals surface area contributed by atoms with E-state index in [9.17, 15) is 13.2 Å². The number of hydrogen-bond donors (Lipinski definition) is 1. The van der Waals surface area contributed by atoms with Gasteiger partial charge in [-0.2, -0.15) is 0 Å². The molecule has 0 aliphatic rings. The van der Waals surface area contributed by atoms with E-state index in [1.165, 1.54) is 34.4 Å². The molecule has 0 spiro atoms. The number of carbonyl (C=O) groups excluding carboxylic acids is 1. The largest absolute Gasteiger partial charge is 0.496 e. The van der Waals surface area contributed by atoms with Gasteiger partial charge < -0.3 is 15.2 Å². The maximum atomic E-state index is 12.1. The van der Waals surface area contributed by atoms with Crippen molar-refractivity contribution in [1.82, 2.24) is 4.31 Å². The van der Waals surface area contributed by atoms with Gasteiger partial charge in [0.1, 0.15) is 16.4 Å². The predicted molar refractivity (Wildman–Crippen MR) is 68.9 cm³/mol. The summed E-state index contributed by atoms with van der Waals surface area (Å²) in [7, 11) is 1.68. The van der Waals surface area contributed by atoms with Crippen LogP contribution in [0.5, 0.6) is 11.5 Å². The van der Waals surface area contributed by atoms with Crippen molar-refractivity contribution < 1.29 is 22.7 Å². The molecule has 0 aromatic heterocycles. The first-order chi connectivity index (χ1) is 8.75. The predicted octanol–water partition coefficient (Wildman–Crippen LogP) is 0.0530. The highest BCUT2D eigenvalue weighted by Crippen LogP contribution is 2.33. The highest BCUT2D eigenvalue weighted by molar-refractivity contribution is 7.89. The summed E-state index contributed by atoms with van der Waals surface area (Å²) in [5.74, 6) is -0.549. The van der Waals surface area contributed by atoms with Crippen LogP contribution in [-0.2, 0) is 10.0 Å². The Morgan fingerprint density at radius 1 is 1.16 bits per heavy atom. The third kappa shape index (κ3) is 2.79. The number of rotatable bonds is 5. The van der Waals surface area contributed by atoms with Gasteiger partial charge in [0.05, 0.1) is 19.8 Å². The van der Waals surface area contributed by atoms with Crippen molar-refractivity contribution in [3.63, 3.8) is 0 Å². The quantitative estimate of drug-likeness (QED) is 0.825. The molecule has 0 unspecified atom stereocenters. The van der Waals surface area contributed by atoms with Crippen LogP contribution in [-0.4, -0.2) is 46.9 Å². The number of benzene rings is 1. The Balaban J connectivity index is 3.65. The summed E-state index contributed by atoms with van der Waals surface area (Å²) in [4.78, 5) is 11.2. The third-order valence-electron chi connectivity index (χ3n) is 2.51. The normalized spacial score (nSPS) is 11.4. The van der Waals surface area contributed by atoms with E-state index < -0.39 is 15.9 Å². The van der Waals surface area contributed by atoms with Crippen LogP contribution in [0.1, 0.15) is 10.4 Å². The van der Waals surface area contributed by atoms with Gasteiger partial charge in [0, 0.05) is 20.2 Å². The molecule has 0 aliphatic carbocycles. The summed E-state index contributed by atoms with van der Waals surface area (Å²) in [5, 5.41) is 0. The molecule has 0 bridgehead atoms. The molecule has 106 valence electrons. The average Bonchev–Trinajstić information content (AvgIpc) is 2.36. The summed E-state index contributed by atoms with van der Waals surface area (Å²) < 4.78 is 35.3. The first kappa shape index (κ1) is 15.3. The molecule has 1 amide bonds. The van der Waals surface area contributed by atoms with Crippen molar-refractivity contribution in [3.05, 3.63) is 17.7 Å². The zero-order valence-electron chi connectivity index (χ0n) is 11.1. The molecular formula is C11H16N2O5S. The first-order valence-electron chi connectivity index (χ1n) is 5.24. The lowest BCUT2D eigenvalue weighted by molar-refractivity contribution is 0.0997. The molecule has 2 N–H and O–H groups in total. The second kappa shape index (κ2) is 5.45. The van der Waals surface area contributed by atoms with Gasteiger partial charge >= 0.3 is 0 Å². The van der Waals surface area contributed by atoms with Crippen LogP contribution in [0.3, 0.4) is 0 Å². The second-order valence-electron chi connectivity index (χ2n) is 3.86. The number of primary amides is 1. The molecule has 0 radical (unpaired) electrons. The Hall–Kier alpha value is -1.80. The van der Waals surface area contributed by atoms with Gasteiger partial charge in [0.2, 0.25) is 10.0 Å². The zero-order chi connectivity index (χ0) is 14.8. The standard InChI is InChI=1S/C11H16N2O5S/c1-13(2)19(15,16)10-5-7(11(12)14)8(17-3)6-9(10)18-4/h5-6H,1-4H3,(H2,12,14). The highest BCUT2D eigenvalue weighted by Gasteiger charge is 2.25. The molecule has 1 rings (SSSR count). The van der Waals surface area contributed by atoms with Gasteiger partial charge in [0.25, 0.3) is 5.91 Å². The molecule has 1 aromatic rings. The van der Waals surface area contributed by atoms with Gasteiger partial charge in [-0.15, -0.1) is 0 Å². The number of methoxy groups -OCH3 is 2. The summed E-state index contributed by atoms with van der Waals surface area (Å²) in [5.41, 5.74) is 5.18. The summed E-state index contributed by atoms with van der Waals surface area (Å²) in [6.45, 7) is 0. The Kier molecular flexibility index (Phi) is 4.38. The molecule has 7 nitrogen and oxygen atoms in total. The first-order valence-corrected chi connectivity index (χ1v) is 6.68. The van der Waals surface area contributed by atoms with Crippen LogP contribution in [0.15, 0.2) is 17.0 Å². The molecule has 0 aliphatic heterocycles. The molecule has 0 saturated heterocycles. The molecule has 0 atom stereocenters. The van der Waals surface area contributed by atoms with Gasteiger partial charge in [-0.05, 0) is 6.07 Å². The number of ether oxygens (including phenoxy) is 2. The van der Waals surface area contributed by atoms with E-state index in [-0.39, 0.29) is 22.0 Å².